The van der Waals surface area contributed by atoms with Gasteiger partial charge in [0.1, 0.15) is 0 Å². The van der Waals surface area contributed by atoms with Crippen molar-refractivity contribution in [1.29, 1.82) is 0 Å². The molecular weight excluding hydrogens is 306 g/mol. The van der Waals surface area contributed by atoms with Gasteiger partial charge in [0.25, 0.3) is 0 Å². The second-order valence-corrected chi connectivity index (χ2v) is 6.91. The fourth-order valence-corrected chi connectivity index (χ4v) is 3.41. The highest BCUT2D eigenvalue weighted by atomic mass is 79.9. The van der Waals surface area contributed by atoms with Gasteiger partial charge in [0.05, 0.1) is 17.5 Å². The molecule has 0 bridgehead atoms. The summed E-state index contributed by atoms with van der Waals surface area (Å²) in [6.07, 6.45) is 0.756. The van der Waals surface area contributed by atoms with E-state index < -0.39 is 10.0 Å². The molecule has 0 N–H and O–H groups in total. The Balaban J connectivity index is 2.26. The molecule has 1 aromatic carbocycles. The largest absolute Gasteiger partial charge is 0.380 e. The molecule has 0 radical (unpaired) electrons. The van der Waals surface area contributed by atoms with Crippen LogP contribution in [0.25, 0.3) is 0 Å². The van der Waals surface area contributed by atoms with Crippen LogP contribution in [0, 0.1) is 0 Å². The minimum absolute atomic E-state index is 0.0522. The second-order valence-electron chi connectivity index (χ2n) is 3.99. The summed E-state index contributed by atoms with van der Waals surface area (Å²) >= 11 is 3.29. The Morgan fingerprint density at radius 2 is 2.00 bits per heavy atom. The van der Waals surface area contributed by atoms with Gasteiger partial charge in [-0.1, -0.05) is 15.9 Å². The molecule has 1 saturated heterocycles. The minimum Gasteiger partial charge on any atom is -0.380 e. The first-order chi connectivity index (χ1) is 8.01. The van der Waals surface area contributed by atoms with E-state index >= 15 is 0 Å². The van der Waals surface area contributed by atoms with Gasteiger partial charge in [-0.15, -0.1) is 0 Å². The Labute approximate surface area is 110 Å². The van der Waals surface area contributed by atoms with Crippen LogP contribution in [0.1, 0.15) is 6.42 Å². The smallest absolute Gasteiger partial charge is 0.243 e. The van der Waals surface area contributed by atoms with Crippen LogP contribution in [0.15, 0.2) is 33.6 Å². The summed E-state index contributed by atoms with van der Waals surface area (Å²) in [4.78, 5) is 0.315. The van der Waals surface area contributed by atoms with E-state index in [-0.39, 0.29) is 6.04 Å². The average Bonchev–Trinajstić information content (AvgIpc) is 2.82. The summed E-state index contributed by atoms with van der Waals surface area (Å²) in [7, 11) is -1.80. The average molecular weight is 320 g/mol. The fourth-order valence-electron chi connectivity index (χ4n) is 1.78. The molecule has 1 unspecified atom stereocenters. The van der Waals surface area contributed by atoms with Gasteiger partial charge >= 0.3 is 0 Å². The van der Waals surface area contributed by atoms with Gasteiger partial charge in [0.2, 0.25) is 10.0 Å². The monoisotopic (exact) mass is 319 g/mol. The highest BCUT2D eigenvalue weighted by molar-refractivity contribution is 9.10. The van der Waals surface area contributed by atoms with Crippen molar-refractivity contribution in [3.05, 3.63) is 28.7 Å². The Morgan fingerprint density at radius 1 is 1.35 bits per heavy atom. The normalized spacial score (nSPS) is 21.0. The van der Waals surface area contributed by atoms with Gasteiger partial charge < -0.3 is 4.74 Å². The van der Waals surface area contributed by atoms with Crippen molar-refractivity contribution in [3.8, 4) is 0 Å². The summed E-state index contributed by atoms with van der Waals surface area (Å²) in [6, 6.07) is 6.61. The van der Waals surface area contributed by atoms with Gasteiger partial charge in [-0.2, -0.15) is 4.31 Å². The lowest BCUT2D eigenvalue weighted by Gasteiger charge is -2.22. The third-order valence-corrected chi connectivity index (χ3v) is 5.36. The first-order valence-electron chi connectivity index (χ1n) is 5.33. The zero-order valence-corrected chi connectivity index (χ0v) is 11.9. The van der Waals surface area contributed by atoms with Gasteiger partial charge in [0.15, 0.2) is 0 Å². The van der Waals surface area contributed by atoms with Crippen LogP contribution in [0.4, 0.5) is 0 Å². The minimum atomic E-state index is -3.41. The van der Waals surface area contributed by atoms with Crippen LogP contribution in [0.5, 0.6) is 0 Å². The molecule has 4 nitrogen and oxygen atoms in total. The van der Waals surface area contributed by atoms with Crippen molar-refractivity contribution in [3.63, 3.8) is 0 Å². The number of halogens is 1. The first-order valence-corrected chi connectivity index (χ1v) is 7.56. The molecule has 0 spiro atoms. The van der Waals surface area contributed by atoms with Crippen molar-refractivity contribution in [2.24, 2.45) is 0 Å². The molecular formula is C11H14BrNO3S. The fraction of sp³-hybridized carbons (Fsp3) is 0.455. The van der Waals surface area contributed by atoms with Gasteiger partial charge in [-0.25, -0.2) is 8.42 Å². The third-order valence-electron chi connectivity index (χ3n) is 2.91. The van der Waals surface area contributed by atoms with E-state index in [0.717, 1.165) is 10.9 Å². The van der Waals surface area contributed by atoms with E-state index in [1.165, 1.54) is 4.31 Å². The lowest BCUT2D eigenvalue weighted by Crippen LogP contribution is -2.37. The number of hydrogen-bond acceptors (Lipinski definition) is 3. The predicted molar refractivity (Wildman–Crippen MR) is 68.3 cm³/mol. The number of ether oxygens (including phenoxy) is 1. The highest BCUT2D eigenvalue weighted by Gasteiger charge is 2.30. The molecule has 0 amide bonds. The number of rotatable bonds is 3. The van der Waals surface area contributed by atoms with E-state index in [0.29, 0.717) is 18.1 Å². The van der Waals surface area contributed by atoms with Crippen LogP contribution in [-0.2, 0) is 14.8 Å². The number of benzene rings is 1. The molecule has 0 saturated carbocycles. The van der Waals surface area contributed by atoms with Crippen molar-refractivity contribution >= 4 is 26.0 Å². The molecule has 0 aliphatic carbocycles. The molecule has 0 aromatic heterocycles. The third kappa shape index (κ3) is 2.70. The van der Waals surface area contributed by atoms with Crippen LogP contribution >= 0.6 is 15.9 Å². The van der Waals surface area contributed by atoms with E-state index in [1.807, 2.05) is 0 Å². The molecule has 1 aromatic rings. The topological polar surface area (TPSA) is 46.6 Å². The second kappa shape index (κ2) is 5.06. The molecule has 1 aliphatic rings. The van der Waals surface area contributed by atoms with Crippen molar-refractivity contribution < 1.29 is 13.2 Å². The van der Waals surface area contributed by atoms with E-state index in [4.69, 9.17) is 4.74 Å². The van der Waals surface area contributed by atoms with Gasteiger partial charge in [0, 0.05) is 18.1 Å². The Kier molecular flexibility index (Phi) is 3.87. The zero-order valence-electron chi connectivity index (χ0n) is 9.47. The number of nitrogens with zero attached hydrogens (tertiary/aromatic N) is 1. The Morgan fingerprint density at radius 3 is 2.53 bits per heavy atom. The maximum Gasteiger partial charge on any atom is 0.243 e. The highest BCUT2D eigenvalue weighted by Crippen LogP contribution is 2.22. The molecule has 94 valence electrons. The SMILES string of the molecule is CN(C1CCOC1)S(=O)(=O)c1ccc(Br)cc1. The summed E-state index contributed by atoms with van der Waals surface area (Å²) in [6.45, 7) is 1.11. The molecule has 2 rings (SSSR count). The number of sulfonamides is 1. The summed E-state index contributed by atoms with van der Waals surface area (Å²) in [5.41, 5.74) is 0. The van der Waals surface area contributed by atoms with Gasteiger partial charge in [-0.05, 0) is 30.7 Å². The van der Waals surface area contributed by atoms with Crippen LogP contribution in [0.3, 0.4) is 0 Å². The maximum absolute atomic E-state index is 12.3. The van der Waals surface area contributed by atoms with Crippen LogP contribution in [-0.4, -0.2) is 39.0 Å². The maximum atomic E-state index is 12.3. The predicted octanol–water partition coefficient (Wildman–Crippen LogP) is 1.86. The quantitative estimate of drug-likeness (QED) is 0.854. The summed E-state index contributed by atoms with van der Waals surface area (Å²) in [5, 5.41) is 0. The summed E-state index contributed by atoms with van der Waals surface area (Å²) in [5.74, 6) is 0. The van der Waals surface area contributed by atoms with E-state index in [2.05, 4.69) is 15.9 Å². The lowest BCUT2D eigenvalue weighted by atomic mass is 10.3. The van der Waals surface area contributed by atoms with E-state index in [9.17, 15) is 8.42 Å². The molecule has 1 atom stereocenters. The van der Waals surface area contributed by atoms with Crippen molar-refractivity contribution in [2.75, 3.05) is 20.3 Å². The standard InChI is InChI=1S/C11H14BrNO3S/c1-13(10-6-7-16-8-10)17(14,15)11-4-2-9(12)3-5-11/h2-5,10H,6-8H2,1H3. The van der Waals surface area contributed by atoms with E-state index in [1.54, 1.807) is 31.3 Å². The zero-order chi connectivity index (χ0) is 12.5. The Bertz CT molecular complexity index is 480. The number of hydrogen-bond donors (Lipinski definition) is 0. The first kappa shape index (κ1) is 13.0. The molecule has 17 heavy (non-hydrogen) atoms. The van der Waals surface area contributed by atoms with Crippen LogP contribution in [0.2, 0.25) is 0 Å². The molecule has 1 aliphatic heterocycles. The van der Waals surface area contributed by atoms with Crippen molar-refractivity contribution in [2.45, 2.75) is 17.4 Å². The van der Waals surface area contributed by atoms with Crippen LogP contribution < -0.4 is 0 Å². The summed E-state index contributed by atoms with van der Waals surface area (Å²) < 4.78 is 32.1. The number of likely N-dealkylation sites (N-methyl/N-ethyl adjacent to an activating group) is 1. The lowest BCUT2D eigenvalue weighted by molar-refractivity contribution is 0.181. The molecule has 1 fully saturated rings. The van der Waals surface area contributed by atoms with Crippen molar-refractivity contribution in [1.82, 2.24) is 4.31 Å². The molecule has 6 heteroatoms. The van der Waals surface area contributed by atoms with Gasteiger partial charge in [-0.3, -0.25) is 0 Å². The molecule has 1 heterocycles. The Hall–Kier alpha value is -0.430.